The molecule has 2 unspecified atom stereocenters. The second-order valence-electron chi connectivity index (χ2n) is 5.13. The Balaban J connectivity index is 1.69. The average molecular weight is 201 g/mol. The molecule has 2 aliphatic heterocycles. The van der Waals surface area contributed by atoms with E-state index in [1.165, 1.54) is 37.8 Å². The van der Waals surface area contributed by atoms with Crippen LogP contribution in [0.2, 0.25) is 0 Å². The van der Waals surface area contributed by atoms with Gasteiger partial charge in [-0.15, -0.1) is 0 Å². The Kier molecular flexibility index (Phi) is 2.49. The smallest absolute Gasteiger partial charge is 0.00701 e. The minimum absolute atomic E-state index is 0.823. The summed E-state index contributed by atoms with van der Waals surface area (Å²) in [5.74, 6) is 1.88. The molecule has 1 aromatic carbocycles. The van der Waals surface area contributed by atoms with Gasteiger partial charge in [0.25, 0.3) is 0 Å². The van der Waals surface area contributed by atoms with Crippen LogP contribution in [0.1, 0.15) is 24.8 Å². The number of hydrogen-bond donors (Lipinski definition) is 1. The fourth-order valence-electron chi connectivity index (χ4n) is 3.27. The van der Waals surface area contributed by atoms with E-state index in [0.717, 1.165) is 17.9 Å². The van der Waals surface area contributed by atoms with Gasteiger partial charge in [-0.3, -0.25) is 0 Å². The molecule has 3 aliphatic rings. The lowest BCUT2D eigenvalue weighted by Crippen LogP contribution is -2.49. The SMILES string of the molecule is c1ccc(C[C@@H]2CC3CCC2CN3)cc1. The Hall–Kier alpha value is -0.820. The van der Waals surface area contributed by atoms with Gasteiger partial charge in [-0.1, -0.05) is 30.3 Å². The van der Waals surface area contributed by atoms with Gasteiger partial charge >= 0.3 is 0 Å². The normalized spacial score (nSPS) is 34.3. The maximum absolute atomic E-state index is 3.63. The van der Waals surface area contributed by atoms with Crippen molar-refractivity contribution >= 4 is 0 Å². The molecule has 1 N–H and O–H groups in total. The zero-order chi connectivity index (χ0) is 10.1. The van der Waals surface area contributed by atoms with Gasteiger partial charge in [0, 0.05) is 6.04 Å². The summed E-state index contributed by atoms with van der Waals surface area (Å²) in [7, 11) is 0. The van der Waals surface area contributed by atoms with Crippen molar-refractivity contribution in [3.8, 4) is 0 Å². The highest BCUT2D eigenvalue weighted by Gasteiger charge is 2.34. The van der Waals surface area contributed by atoms with Gasteiger partial charge in [0.15, 0.2) is 0 Å². The minimum Gasteiger partial charge on any atom is -0.314 e. The fourth-order valence-corrected chi connectivity index (χ4v) is 3.27. The first kappa shape index (κ1) is 9.41. The maximum Gasteiger partial charge on any atom is 0.00701 e. The molecule has 1 saturated carbocycles. The van der Waals surface area contributed by atoms with Crippen molar-refractivity contribution < 1.29 is 0 Å². The van der Waals surface area contributed by atoms with Crippen LogP contribution in [0.15, 0.2) is 30.3 Å². The molecule has 2 bridgehead atoms. The summed E-state index contributed by atoms with van der Waals surface area (Å²) in [4.78, 5) is 0. The molecule has 1 heteroatoms. The van der Waals surface area contributed by atoms with Gasteiger partial charge in [-0.2, -0.15) is 0 Å². The van der Waals surface area contributed by atoms with Gasteiger partial charge in [0.2, 0.25) is 0 Å². The average Bonchev–Trinajstić information content (AvgIpc) is 2.32. The molecule has 1 nitrogen and oxygen atoms in total. The van der Waals surface area contributed by atoms with Crippen molar-refractivity contribution in [1.29, 1.82) is 0 Å². The second-order valence-corrected chi connectivity index (χ2v) is 5.13. The number of piperidine rings is 2. The van der Waals surface area contributed by atoms with E-state index in [-0.39, 0.29) is 0 Å². The molecule has 80 valence electrons. The molecule has 2 saturated heterocycles. The van der Waals surface area contributed by atoms with Crippen molar-refractivity contribution in [2.75, 3.05) is 6.54 Å². The third-order valence-corrected chi connectivity index (χ3v) is 4.15. The predicted octanol–water partition coefficient (Wildman–Crippen LogP) is 2.62. The lowest BCUT2D eigenvalue weighted by atomic mass is 9.71. The molecule has 0 aromatic heterocycles. The summed E-state index contributed by atoms with van der Waals surface area (Å²) < 4.78 is 0. The van der Waals surface area contributed by atoms with E-state index in [1.54, 1.807) is 0 Å². The Morgan fingerprint density at radius 1 is 1.13 bits per heavy atom. The molecule has 0 radical (unpaired) electrons. The Morgan fingerprint density at radius 3 is 2.60 bits per heavy atom. The van der Waals surface area contributed by atoms with E-state index in [1.807, 2.05) is 0 Å². The van der Waals surface area contributed by atoms with Crippen LogP contribution < -0.4 is 5.32 Å². The Labute approximate surface area is 91.9 Å². The quantitative estimate of drug-likeness (QED) is 0.775. The Morgan fingerprint density at radius 2 is 2.00 bits per heavy atom. The molecule has 1 aliphatic carbocycles. The van der Waals surface area contributed by atoms with Gasteiger partial charge in [-0.25, -0.2) is 0 Å². The first-order chi connectivity index (χ1) is 7.42. The van der Waals surface area contributed by atoms with Gasteiger partial charge < -0.3 is 5.32 Å². The largest absolute Gasteiger partial charge is 0.314 e. The van der Waals surface area contributed by atoms with E-state index in [2.05, 4.69) is 35.6 Å². The highest BCUT2D eigenvalue weighted by molar-refractivity contribution is 5.16. The summed E-state index contributed by atoms with van der Waals surface area (Å²) in [6, 6.07) is 11.8. The molecule has 3 atom stereocenters. The Bertz CT molecular complexity index is 311. The highest BCUT2D eigenvalue weighted by Crippen LogP contribution is 2.36. The first-order valence-electron chi connectivity index (χ1n) is 6.19. The summed E-state index contributed by atoms with van der Waals surface area (Å²) in [5.41, 5.74) is 1.52. The maximum atomic E-state index is 3.63. The minimum atomic E-state index is 0.823. The molecule has 0 spiro atoms. The predicted molar refractivity (Wildman–Crippen MR) is 62.8 cm³/mol. The van der Waals surface area contributed by atoms with Crippen molar-refractivity contribution in [2.45, 2.75) is 31.7 Å². The molecule has 15 heavy (non-hydrogen) atoms. The lowest BCUT2D eigenvalue weighted by molar-refractivity contribution is 0.132. The zero-order valence-corrected chi connectivity index (χ0v) is 9.15. The summed E-state index contributed by atoms with van der Waals surface area (Å²) in [5, 5.41) is 3.63. The van der Waals surface area contributed by atoms with Gasteiger partial charge in [-0.05, 0) is 49.6 Å². The standard InChI is InChI=1S/C14H19N/c1-2-4-11(5-3-1)8-13-9-14-7-6-12(13)10-15-14/h1-5,12-15H,6-10H2/t12?,13-,14?/m1/s1. The van der Waals surface area contributed by atoms with E-state index in [0.29, 0.717) is 0 Å². The van der Waals surface area contributed by atoms with Crippen molar-refractivity contribution in [1.82, 2.24) is 5.32 Å². The fraction of sp³-hybridized carbons (Fsp3) is 0.571. The highest BCUT2D eigenvalue weighted by atomic mass is 14.9. The molecule has 2 heterocycles. The molecular formula is C14H19N. The number of hydrogen-bond acceptors (Lipinski definition) is 1. The summed E-state index contributed by atoms with van der Waals surface area (Å²) >= 11 is 0. The topological polar surface area (TPSA) is 12.0 Å². The first-order valence-corrected chi connectivity index (χ1v) is 6.19. The molecule has 3 fully saturated rings. The summed E-state index contributed by atoms with van der Waals surface area (Å²) in [6.07, 6.45) is 5.56. The van der Waals surface area contributed by atoms with Crippen LogP contribution in [0, 0.1) is 11.8 Å². The van der Waals surface area contributed by atoms with Gasteiger partial charge in [0.1, 0.15) is 0 Å². The van der Waals surface area contributed by atoms with Crippen LogP contribution in [0.4, 0.5) is 0 Å². The number of nitrogens with one attached hydrogen (secondary N) is 1. The third kappa shape index (κ3) is 1.93. The second kappa shape index (κ2) is 3.97. The number of fused-ring (bicyclic) bond motifs is 3. The van der Waals surface area contributed by atoms with E-state index >= 15 is 0 Å². The molecule has 1 aromatic rings. The van der Waals surface area contributed by atoms with E-state index in [4.69, 9.17) is 0 Å². The monoisotopic (exact) mass is 201 g/mol. The molecule has 4 rings (SSSR count). The van der Waals surface area contributed by atoms with Crippen molar-refractivity contribution in [3.05, 3.63) is 35.9 Å². The number of benzene rings is 1. The van der Waals surface area contributed by atoms with E-state index in [9.17, 15) is 0 Å². The zero-order valence-electron chi connectivity index (χ0n) is 9.15. The van der Waals surface area contributed by atoms with Crippen molar-refractivity contribution in [2.24, 2.45) is 11.8 Å². The van der Waals surface area contributed by atoms with Crippen LogP contribution >= 0.6 is 0 Å². The van der Waals surface area contributed by atoms with Gasteiger partial charge in [0.05, 0.1) is 0 Å². The summed E-state index contributed by atoms with van der Waals surface area (Å²) in [6.45, 7) is 1.27. The molecule has 0 amide bonds. The number of rotatable bonds is 2. The van der Waals surface area contributed by atoms with E-state index < -0.39 is 0 Å². The van der Waals surface area contributed by atoms with Crippen molar-refractivity contribution in [3.63, 3.8) is 0 Å². The van der Waals surface area contributed by atoms with Crippen LogP contribution in [0.25, 0.3) is 0 Å². The van der Waals surface area contributed by atoms with Crippen LogP contribution in [0.5, 0.6) is 0 Å². The molecular weight excluding hydrogens is 182 g/mol. The van der Waals surface area contributed by atoms with Crippen LogP contribution in [-0.4, -0.2) is 12.6 Å². The lowest BCUT2D eigenvalue weighted by Gasteiger charge is -2.43. The third-order valence-electron chi connectivity index (χ3n) is 4.15. The van der Waals surface area contributed by atoms with Crippen LogP contribution in [-0.2, 0) is 6.42 Å². The van der Waals surface area contributed by atoms with Crippen LogP contribution in [0.3, 0.4) is 0 Å².